The molecule has 1 saturated heterocycles. The van der Waals surface area contributed by atoms with Crippen molar-refractivity contribution in [2.75, 3.05) is 0 Å². The summed E-state index contributed by atoms with van der Waals surface area (Å²) in [6.45, 7) is 0.0546. The highest BCUT2D eigenvalue weighted by molar-refractivity contribution is 6.03. The maximum Gasteiger partial charge on any atom is 0.326 e. The minimum absolute atomic E-state index is 0.0546. The molecule has 0 bridgehead atoms. The quantitative estimate of drug-likeness (QED) is 0.705. The Kier molecular flexibility index (Phi) is 2.57. The fourth-order valence-electron chi connectivity index (χ4n) is 1.44. The summed E-state index contributed by atoms with van der Waals surface area (Å²) >= 11 is 0. The van der Waals surface area contributed by atoms with Crippen LogP contribution >= 0.6 is 0 Å². The second kappa shape index (κ2) is 3.90. The monoisotopic (exact) mass is 224 g/mol. The standard InChI is InChI=1S/C10H9FN2O3/c11-7-3-1-6(2-4-7)5-13-9(15)8(14)12-10(13)16/h1-4,9,15H,5H2,(H,12,14,16). The molecule has 1 aromatic rings. The number of halogens is 1. The molecule has 1 heterocycles. The van der Waals surface area contributed by atoms with Crippen LogP contribution in [0.3, 0.4) is 0 Å². The van der Waals surface area contributed by atoms with Crippen LogP contribution in [0, 0.1) is 5.82 Å². The van der Waals surface area contributed by atoms with Gasteiger partial charge in [0.1, 0.15) is 5.82 Å². The average Bonchev–Trinajstić information content (AvgIpc) is 2.48. The van der Waals surface area contributed by atoms with Gasteiger partial charge in [0.15, 0.2) is 0 Å². The summed E-state index contributed by atoms with van der Waals surface area (Å²) in [5.74, 6) is -1.13. The minimum atomic E-state index is -1.47. The molecule has 6 heteroatoms. The number of urea groups is 1. The van der Waals surface area contributed by atoms with E-state index in [1.165, 1.54) is 24.3 Å². The molecular formula is C10H9FN2O3. The number of rotatable bonds is 2. The van der Waals surface area contributed by atoms with E-state index in [9.17, 15) is 19.1 Å². The van der Waals surface area contributed by atoms with Gasteiger partial charge < -0.3 is 5.11 Å². The molecule has 2 N–H and O–H groups in total. The van der Waals surface area contributed by atoms with E-state index in [1.54, 1.807) is 0 Å². The third-order valence-electron chi connectivity index (χ3n) is 2.29. The number of carbonyl (C=O) groups is 2. The van der Waals surface area contributed by atoms with Gasteiger partial charge in [-0.05, 0) is 17.7 Å². The topological polar surface area (TPSA) is 69.6 Å². The number of aliphatic hydroxyl groups excluding tert-OH is 1. The third-order valence-corrected chi connectivity index (χ3v) is 2.29. The largest absolute Gasteiger partial charge is 0.365 e. The van der Waals surface area contributed by atoms with Gasteiger partial charge >= 0.3 is 6.03 Å². The molecule has 1 atom stereocenters. The molecular weight excluding hydrogens is 215 g/mol. The van der Waals surface area contributed by atoms with Crippen molar-refractivity contribution in [1.82, 2.24) is 10.2 Å². The fourth-order valence-corrected chi connectivity index (χ4v) is 1.44. The first-order valence-corrected chi connectivity index (χ1v) is 4.62. The van der Waals surface area contributed by atoms with Gasteiger partial charge in [0, 0.05) is 0 Å². The molecule has 1 fully saturated rings. The zero-order chi connectivity index (χ0) is 11.7. The Morgan fingerprint density at radius 1 is 1.31 bits per heavy atom. The van der Waals surface area contributed by atoms with E-state index >= 15 is 0 Å². The Bertz CT molecular complexity index is 432. The predicted molar refractivity (Wildman–Crippen MR) is 51.5 cm³/mol. The maximum absolute atomic E-state index is 12.6. The second-order valence-corrected chi connectivity index (χ2v) is 3.42. The van der Waals surface area contributed by atoms with Crippen molar-refractivity contribution >= 4 is 11.9 Å². The predicted octanol–water partition coefficient (Wildman–Crippen LogP) is 0.196. The Morgan fingerprint density at radius 3 is 2.44 bits per heavy atom. The first-order chi connectivity index (χ1) is 7.58. The van der Waals surface area contributed by atoms with E-state index < -0.39 is 18.2 Å². The van der Waals surface area contributed by atoms with Crippen LogP contribution in [-0.2, 0) is 11.3 Å². The lowest BCUT2D eigenvalue weighted by atomic mass is 10.2. The smallest absolute Gasteiger partial charge is 0.326 e. The zero-order valence-electron chi connectivity index (χ0n) is 8.18. The van der Waals surface area contributed by atoms with Gasteiger partial charge in [-0.2, -0.15) is 0 Å². The lowest BCUT2D eigenvalue weighted by Gasteiger charge is -2.17. The molecule has 84 valence electrons. The van der Waals surface area contributed by atoms with Gasteiger partial charge in [-0.1, -0.05) is 12.1 Å². The highest BCUT2D eigenvalue weighted by Crippen LogP contribution is 2.12. The molecule has 5 nitrogen and oxygen atoms in total. The average molecular weight is 224 g/mol. The third kappa shape index (κ3) is 1.87. The molecule has 0 spiro atoms. The summed E-state index contributed by atoms with van der Waals surface area (Å²) in [5.41, 5.74) is 0.630. The van der Waals surface area contributed by atoms with Crippen LogP contribution in [0.25, 0.3) is 0 Å². The molecule has 0 aromatic heterocycles. The van der Waals surface area contributed by atoms with Crippen LogP contribution in [0.4, 0.5) is 9.18 Å². The van der Waals surface area contributed by atoms with E-state index in [0.717, 1.165) is 4.90 Å². The summed E-state index contributed by atoms with van der Waals surface area (Å²) in [4.78, 5) is 23.1. The van der Waals surface area contributed by atoms with Crippen LogP contribution < -0.4 is 5.32 Å². The summed E-state index contributed by atoms with van der Waals surface area (Å²) in [5, 5.41) is 11.3. The van der Waals surface area contributed by atoms with E-state index in [4.69, 9.17) is 0 Å². The maximum atomic E-state index is 12.6. The normalized spacial score (nSPS) is 20.1. The van der Waals surface area contributed by atoms with Crippen LogP contribution in [0.5, 0.6) is 0 Å². The molecule has 16 heavy (non-hydrogen) atoms. The van der Waals surface area contributed by atoms with E-state index in [1.807, 2.05) is 5.32 Å². The highest BCUT2D eigenvalue weighted by atomic mass is 19.1. The van der Waals surface area contributed by atoms with Gasteiger partial charge in [-0.15, -0.1) is 0 Å². The molecule has 0 radical (unpaired) electrons. The molecule has 0 aliphatic carbocycles. The van der Waals surface area contributed by atoms with E-state index in [-0.39, 0.29) is 12.4 Å². The number of aliphatic hydroxyl groups is 1. The van der Waals surface area contributed by atoms with Crippen molar-refractivity contribution < 1.29 is 19.1 Å². The SMILES string of the molecule is O=C1NC(=O)N(Cc2ccc(F)cc2)C1O. The fraction of sp³-hybridized carbons (Fsp3) is 0.200. The van der Waals surface area contributed by atoms with Crippen molar-refractivity contribution in [2.45, 2.75) is 12.8 Å². The summed E-state index contributed by atoms with van der Waals surface area (Å²) in [6, 6.07) is 4.81. The number of carbonyl (C=O) groups excluding carboxylic acids is 2. The summed E-state index contributed by atoms with van der Waals surface area (Å²) in [6.07, 6.45) is -1.47. The minimum Gasteiger partial charge on any atom is -0.365 e. The van der Waals surface area contributed by atoms with Crippen LogP contribution in [0.2, 0.25) is 0 Å². The van der Waals surface area contributed by atoms with Crippen LogP contribution in [-0.4, -0.2) is 28.2 Å². The molecule has 1 aliphatic heterocycles. The highest BCUT2D eigenvalue weighted by Gasteiger charge is 2.36. The zero-order valence-corrected chi connectivity index (χ0v) is 8.18. The first-order valence-electron chi connectivity index (χ1n) is 4.62. The van der Waals surface area contributed by atoms with Crippen molar-refractivity contribution in [3.05, 3.63) is 35.6 Å². The number of nitrogens with one attached hydrogen (secondary N) is 1. The second-order valence-electron chi connectivity index (χ2n) is 3.42. The van der Waals surface area contributed by atoms with Crippen molar-refractivity contribution in [2.24, 2.45) is 0 Å². The van der Waals surface area contributed by atoms with Gasteiger partial charge in [0.05, 0.1) is 6.54 Å². The molecule has 3 amide bonds. The Balaban J connectivity index is 2.13. The Labute approximate surface area is 90.5 Å². The van der Waals surface area contributed by atoms with Crippen molar-refractivity contribution in [3.8, 4) is 0 Å². The Morgan fingerprint density at radius 2 is 1.94 bits per heavy atom. The van der Waals surface area contributed by atoms with Gasteiger partial charge in [-0.3, -0.25) is 15.0 Å². The van der Waals surface area contributed by atoms with Gasteiger partial charge in [0.2, 0.25) is 6.23 Å². The number of amides is 3. The Hall–Kier alpha value is -1.95. The number of hydrogen-bond acceptors (Lipinski definition) is 3. The van der Waals surface area contributed by atoms with Crippen molar-refractivity contribution in [3.63, 3.8) is 0 Å². The van der Waals surface area contributed by atoms with Crippen LogP contribution in [0.15, 0.2) is 24.3 Å². The lowest BCUT2D eigenvalue weighted by molar-refractivity contribution is -0.130. The first kappa shape index (κ1) is 10.6. The summed E-state index contributed by atoms with van der Waals surface area (Å²) in [7, 11) is 0. The van der Waals surface area contributed by atoms with Crippen LogP contribution in [0.1, 0.15) is 5.56 Å². The molecule has 1 unspecified atom stereocenters. The summed E-state index contributed by atoms with van der Waals surface area (Å²) < 4.78 is 12.6. The number of hydrogen-bond donors (Lipinski definition) is 2. The van der Waals surface area contributed by atoms with E-state index in [0.29, 0.717) is 5.56 Å². The number of imide groups is 1. The number of benzene rings is 1. The van der Waals surface area contributed by atoms with E-state index in [2.05, 4.69) is 0 Å². The lowest BCUT2D eigenvalue weighted by Crippen LogP contribution is -2.34. The number of nitrogens with zero attached hydrogens (tertiary/aromatic N) is 1. The molecule has 2 rings (SSSR count). The van der Waals surface area contributed by atoms with Gasteiger partial charge in [-0.25, -0.2) is 9.18 Å². The molecule has 0 saturated carbocycles. The molecule has 1 aliphatic rings. The molecule has 1 aromatic carbocycles. The van der Waals surface area contributed by atoms with Gasteiger partial charge in [0.25, 0.3) is 5.91 Å². The van der Waals surface area contributed by atoms with Crippen molar-refractivity contribution in [1.29, 1.82) is 0 Å².